The van der Waals surface area contributed by atoms with E-state index in [0.717, 1.165) is 28.1 Å². The quantitative estimate of drug-likeness (QED) is 0.457. The van der Waals surface area contributed by atoms with Crippen LogP contribution in [0.3, 0.4) is 0 Å². The molecule has 0 saturated carbocycles. The summed E-state index contributed by atoms with van der Waals surface area (Å²) in [6.45, 7) is 2.30. The molecule has 1 atom stereocenters. The molecule has 2 heterocycles. The van der Waals surface area contributed by atoms with Crippen LogP contribution in [0.5, 0.6) is 11.5 Å². The SMILES string of the molecule is COc1ccc(NC(=O)CSc2ncnc3sc4c(c23)CCC(C)C4)cc1OC. The van der Waals surface area contributed by atoms with Crippen molar-refractivity contribution in [1.82, 2.24) is 9.97 Å². The maximum Gasteiger partial charge on any atom is 0.234 e. The Bertz CT molecular complexity index is 1050. The van der Waals surface area contributed by atoms with E-state index in [-0.39, 0.29) is 11.7 Å². The molecule has 0 fully saturated rings. The zero-order chi connectivity index (χ0) is 20.4. The van der Waals surface area contributed by atoms with Crippen molar-refractivity contribution < 1.29 is 14.3 Å². The number of ether oxygens (including phenoxy) is 2. The molecule has 1 unspecified atom stereocenters. The molecule has 1 amide bonds. The highest BCUT2D eigenvalue weighted by Crippen LogP contribution is 2.40. The molecule has 8 heteroatoms. The van der Waals surface area contributed by atoms with E-state index in [0.29, 0.717) is 23.1 Å². The Labute approximate surface area is 178 Å². The molecule has 3 aromatic rings. The van der Waals surface area contributed by atoms with Crippen LogP contribution in [0.25, 0.3) is 10.2 Å². The second kappa shape index (κ2) is 8.59. The van der Waals surface area contributed by atoms with E-state index >= 15 is 0 Å². The second-order valence-corrected chi connectivity index (χ2v) is 9.17. The number of benzene rings is 1. The summed E-state index contributed by atoms with van der Waals surface area (Å²) in [4.78, 5) is 23.9. The molecule has 6 nitrogen and oxygen atoms in total. The van der Waals surface area contributed by atoms with Crippen molar-refractivity contribution in [3.8, 4) is 11.5 Å². The lowest BCUT2D eigenvalue weighted by Crippen LogP contribution is -2.14. The molecule has 0 bridgehead atoms. The zero-order valence-electron chi connectivity index (χ0n) is 16.7. The van der Waals surface area contributed by atoms with Gasteiger partial charge in [0.2, 0.25) is 5.91 Å². The van der Waals surface area contributed by atoms with Crippen LogP contribution in [0.2, 0.25) is 0 Å². The van der Waals surface area contributed by atoms with Crippen molar-refractivity contribution in [3.05, 3.63) is 35.0 Å². The number of nitrogens with zero attached hydrogens (tertiary/aromatic N) is 2. The molecule has 2 aromatic heterocycles. The van der Waals surface area contributed by atoms with E-state index in [9.17, 15) is 4.79 Å². The van der Waals surface area contributed by atoms with E-state index in [1.165, 1.54) is 28.6 Å². The van der Waals surface area contributed by atoms with E-state index in [2.05, 4.69) is 22.2 Å². The Morgan fingerprint density at radius 2 is 2.10 bits per heavy atom. The minimum absolute atomic E-state index is 0.0910. The molecule has 4 rings (SSSR count). The van der Waals surface area contributed by atoms with Crippen molar-refractivity contribution in [1.29, 1.82) is 0 Å². The monoisotopic (exact) mass is 429 g/mol. The summed E-state index contributed by atoms with van der Waals surface area (Å²) < 4.78 is 10.5. The van der Waals surface area contributed by atoms with Gasteiger partial charge in [-0.3, -0.25) is 4.79 Å². The summed E-state index contributed by atoms with van der Waals surface area (Å²) in [5.74, 6) is 2.11. The van der Waals surface area contributed by atoms with Gasteiger partial charge < -0.3 is 14.8 Å². The molecular formula is C21H23N3O3S2. The molecule has 0 saturated heterocycles. The summed E-state index contributed by atoms with van der Waals surface area (Å²) >= 11 is 3.23. The third-order valence-electron chi connectivity index (χ3n) is 5.06. The van der Waals surface area contributed by atoms with E-state index < -0.39 is 0 Å². The topological polar surface area (TPSA) is 73.3 Å². The number of aryl methyl sites for hydroxylation is 1. The summed E-state index contributed by atoms with van der Waals surface area (Å²) in [6.07, 6.45) is 4.97. The van der Waals surface area contributed by atoms with Gasteiger partial charge in [-0.2, -0.15) is 0 Å². The van der Waals surface area contributed by atoms with E-state index in [4.69, 9.17) is 9.47 Å². The number of methoxy groups -OCH3 is 2. The Morgan fingerprint density at radius 3 is 2.90 bits per heavy atom. The van der Waals surface area contributed by atoms with Crippen LogP contribution >= 0.6 is 23.1 Å². The fourth-order valence-corrected chi connectivity index (χ4v) is 5.84. The van der Waals surface area contributed by atoms with Crippen LogP contribution in [-0.2, 0) is 17.6 Å². The fourth-order valence-electron chi connectivity index (χ4n) is 3.60. The predicted octanol–water partition coefficient (Wildman–Crippen LogP) is 4.56. The van der Waals surface area contributed by atoms with Crippen molar-refractivity contribution in [2.75, 3.05) is 25.3 Å². The van der Waals surface area contributed by atoms with Crippen LogP contribution in [0.1, 0.15) is 23.8 Å². The number of anilines is 1. The molecule has 29 heavy (non-hydrogen) atoms. The minimum Gasteiger partial charge on any atom is -0.493 e. The first-order valence-corrected chi connectivity index (χ1v) is 11.3. The maximum absolute atomic E-state index is 12.5. The molecule has 0 spiro atoms. The van der Waals surface area contributed by atoms with Crippen molar-refractivity contribution >= 4 is 44.9 Å². The van der Waals surface area contributed by atoms with E-state index in [1.54, 1.807) is 50.1 Å². The molecule has 1 aromatic carbocycles. The number of aromatic nitrogens is 2. The third-order valence-corrected chi connectivity index (χ3v) is 7.22. The third kappa shape index (κ3) is 4.18. The highest BCUT2D eigenvalue weighted by Gasteiger charge is 2.23. The first-order chi connectivity index (χ1) is 14.1. The number of rotatable bonds is 6. The number of amides is 1. The maximum atomic E-state index is 12.5. The summed E-state index contributed by atoms with van der Waals surface area (Å²) in [5, 5.41) is 4.95. The molecule has 0 radical (unpaired) electrons. The lowest BCUT2D eigenvalue weighted by Gasteiger charge is -2.18. The van der Waals surface area contributed by atoms with Gasteiger partial charge in [0.15, 0.2) is 11.5 Å². The zero-order valence-corrected chi connectivity index (χ0v) is 18.3. The van der Waals surface area contributed by atoms with Gasteiger partial charge in [0.25, 0.3) is 0 Å². The average molecular weight is 430 g/mol. The summed E-state index contributed by atoms with van der Waals surface area (Å²) in [5.41, 5.74) is 2.05. The van der Waals surface area contributed by atoms with Crippen molar-refractivity contribution in [3.63, 3.8) is 0 Å². The number of thiophene rings is 1. The number of carbonyl (C=O) groups is 1. The number of nitrogens with one attached hydrogen (secondary N) is 1. The molecule has 152 valence electrons. The standard InChI is InChI=1S/C21H23N3O3S2/c1-12-4-6-14-17(8-12)29-21-19(14)20(22-11-23-21)28-10-18(25)24-13-5-7-15(26-2)16(9-13)27-3/h5,7,9,11-12H,4,6,8,10H2,1-3H3,(H,24,25). The highest BCUT2D eigenvalue weighted by atomic mass is 32.2. The van der Waals surface area contributed by atoms with Crippen LogP contribution in [0.4, 0.5) is 5.69 Å². The summed E-state index contributed by atoms with van der Waals surface area (Å²) in [6, 6.07) is 5.32. The van der Waals surface area contributed by atoms with Gasteiger partial charge in [0.05, 0.1) is 20.0 Å². The fraction of sp³-hybridized carbons (Fsp3) is 0.381. The highest BCUT2D eigenvalue weighted by molar-refractivity contribution is 8.00. The molecule has 1 aliphatic carbocycles. The van der Waals surface area contributed by atoms with Gasteiger partial charge in [-0.05, 0) is 42.9 Å². The molecule has 0 aliphatic heterocycles. The predicted molar refractivity (Wildman–Crippen MR) is 118 cm³/mol. The molecule has 1 N–H and O–H groups in total. The smallest absolute Gasteiger partial charge is 0.234 e. The normalized spacial score (nSPS) is 15.8. The van der Waals surface area contributed by atoms with Gasteiger partial charge in [-0.15, -0.1) is 11.3 Å². The summed E-state index contributed by atoms with van der Waals surface area (Å²) in [7, 11) is 3.15. The molecule has 1 aliphatic rings. The Hall–Kier alpha value is -2.32. The average Bonchev–Trinajstić information content (AvgIpc) is 3.10. The van der Waals surface area contributed by atoms with Gasteiger partial charge >= 0.3 is 0 Å². The number of thioether (sulfide) groups is 1. The van der Waals surface area contributed by atoms with Gasteiger partial charge in [0.1, 0.15) is 16.2 Å². The van der Waals surface area contributed by atoms with Gasteiger partial charge in [0, 0.05) is 22.0 Å². The Morgan fingerprint density at radius 1 is 1.28 bits per heavy atom. The van der Waals surface area contributed by atoms with Crippen LogP contribution in [0, 0.1) is 5.92 Å². The number of hydrogen-bond donors (Lipinski definition) is 1. The number of hydrogen-bond acceptors (Lipinski definition) is 7. The van der Waals surface area contributed by atoms with Gasteiger partial charge in [-0.1, -0.05) is 18.7 Å². The lowest BCUT2D eigenvalue weighted by molar-refractivity contribution is -0.113. The van der Waals surface area contributed by atoms with Crippen LogP contribution in [-0.4, -0.2) is 35.8 Å². The van der Waals surface area contributed by atoms with Crippen LogP contribution < -0.4 is 14.8 Å². The first-order valence-electron chi connectivity index (χ1n) is 9.49. The first kappa shape index (κ1) is 20.0. The van der Waals surface area contributed by atoms with Crippen molar-refractivity contribution in [2.24, 2.45) is 5.92 Å². The lowest BCUT2D eigenvalue weighted by atomic mass is 9.89. The largest absolute Gasteiger partial charge is 0.493 e. The van der Waals surface area contributed by atoms with Gasteiger partial charge in [-0.25, -0.2) is 9.97 Å². The second-order valence-electron chi connectivity index (χ2n) is 7.12. The molecular weight excluding hydrogens is 406 g/mol. The minimum atomic E-state index is -0.0910. The Balaban J connectivity index is 1.48. The van der Waals surface area contributed by atoms with Crippen molar-refractivity contribution in [2.45, 2.75) is 31.2 Å². The van der Waals surface area contributed by atoms with E-state index in [1.807, 2.05) is 0 Å². The number of carbonyl (C=O) groups excluding carboxylic acids is 1. The van der Waals surface area contributed by atoms with Crippen LogP contribution in [0.15, 0.2) is 29.6 Å². The number of fused-ring (bicyclic) bond motifs is 3. The Kier molecular flexibility index (Phi) is 5.91.